The van der Waals surface area contributed by atoms with Crippen molar-refractivity contribution < 1.29 is 18.7 Å². The summed E-state index contributed by atoms with van der Waals surface area (Å²) < 4.78 is 18.1. The summed E-state index contributed by atoms with van der Waals surface area (Å²) in [5.74, 6) is 1.92. The third-order valence-electron chi connectivity index (χ3n) is 7.80. The van der Waals surface area contributed by atoms with E-state index in [-0.39, 0.29) is 17.5 Å². The number of carbonyl (C=O) groups excluding carboxylic acids is 1. The number of H-pyrrole nitrogens is 1. The molecule has 1 unspecified atom stereocenters. The first-order chi connectivity index (χ1) is 19.1. The van der Waals surface area contributed by atoms with Crippen molar-refractivity contribution in [1.29, 1.82) is 0 Å². The molecule has 1 N–H and O–H groups in total. The topological polar surface area (TPSA) is 132 Å². The molecule has 1 saturated heterocycles. The lowest BCUT2D eigenvalue weighted by atomic mass is 10.0. The average Bonchev–Trinajstić information content (AvgIpc) is 3.76. The number of pyridine rings is 1. The highest BCUT2D eigenvalue weighted by molar-refractivity contribution is 5.91. The number of piperazine rings is 1. The molecular weight excluding hydrogens is 502 g/mol. The van der Waals surface area contributed by atoms with Crippen LogP contribution in [0, 0.1) is 0 Å². The Morgan fingerprint density at radius 3 is 2.51 bits per heavy atom. The Bertz CT molecular complexity index is 1520. The van der Waals surface area contributed by atoms with Crippen LogP contribution in [0.15, 0.2) is 45.8 Å². The Morgan fingerprint density at radius 2 is 1.82 bits per heavy atom. The molecule has 204 valence electrons. The molecule has 1 saturated carbocycles. The number of ether oxygens (including phenoxy) is 2. The molecule has 4 heterocycles. The minimum atomic E-state index is -0.497. The normalized spacial score (nSPS) is 17.5. The van der Waals surface area contributed by atoms with Gasteiger partial charge in [-0.05, 0) is 47.5 Å². The number of fused-ring (bicyclic) bond motifs is 1. The Hall–Kier alpha value is -4.19. The lowest BCUT2D eigenvalue weighted by molar-refractivity contribution is 0.0557. The molecule has 0 spiro atoms. The summed E-state index contributed by atoms with van der Waals surface area (Å²) in [5.41, 5.74) is 0.953. The van der Waals surface area contributed by atoms with Gasteiger partial charge in [0.15, 0.2) is 23.1 Å². The summed E-state index contributed by atoms with van der Waals surface area (Å²) in [4.78, 5) is 33.5. The SMILES string of the molecule is COc1cc2cc(C(c3nnnn3C3CCCC3)N3CCN(C(=O)c4ccco4)CC3)c(=O)[nH]c2cc1OC. The van der Waals surface area contributed by atoms with Crippen molar-refractivity contribution in [1.82, 2.24) is 35.0 Å². The van der Waals surface area contributed by atoms with Crippen LogP contribution in [0.2, 0.25) is 0 Å². The summed E-state index contributed by atoms with van der Waals surface area (Å²) in [6.45, 7) is 2.05. The van der Waals surface area contributed by atoms with Gasteiger partial charge in [-0.1, -0.05) is 12.8 Å². The molecule has 2 aliphatic rings. The molecule has 1 aromatic carbocycles. The molecule has 1 aliphatic heterocycles. The van der Waals surface area contributed by atoms with Crippen molar-refractivity contribution in [3.63, 3.8) is 0 Å². The number of hydrogen-bond acceptors (Lipinski definition) is 9. The van der Waals surface area contributed by atoms with Gasteiger partial charge < -0.3 is 23.8 Å². The molecule has 4 aromatic rings. The molecule has 6 rings (SSSR count). The number of amides is 1. The van der Waals surface area contributed by atoms with Gasteiger partial charge in [-0.25, -0.2) is 4.68 Å². The summed E-state index contributed by atoms with van der Waals surface area (Å²) in [7, 11) is 3.14. The molecule has 2 fully saturated rings. The molecule has 1 aliphatic carbocycles. The average molecular weight is 534 g/mol. The quantitative estimate of drug-likeness (QED) is 0.381. The minimum absolute atomic E-state index is 0.142. The smallest absolute Gasteiger partial charge is 0.289 e. The number of hydrogen-bond donors (Lipinski definition) is 1. The first-order valence-corrected chi connectivity index (χ1v) is 13.2. The van der Waals surface area contributed by atoms with E-state index in [9.17, 15) is 9.59 Å². The predicted octanol–water partition coefficient (Wildman–Crippen LogP) is 2.79. The van der Waals surface area contributed by atoms with Crippen LogP contribution in [0.1, 0.15) is 59.7 Å². The summed E-state index contributed by atoms with van der Waals surface area (Å²) in [6, 6.07) is 8.57. The van der Waals surface area contributed by atoms with E-state index < -0.39 is 6.04 Å². The van der Waals surface area contributed by atoms with Crippen molar-refractivity contribution in [2.45, 2.75) is 37.8 Å². The number of tetrazole rings is 1. The van der Waals surface area contributed by atoms with E-state index >= 15 is 0 Å². The van der Waals surface area contributed by atoms with Crippen LogP contribution in [0.4, 0.5) is 0 Å². The number of furan rings is 1. The molecule has 12 nitrogen and oxygen atoms in total. The Balaban J connectivity index is 1.39. The van der Waals surface area contributed by atoms with Crippen molar-refractivity contribution in [2.75, 3.05) is 40.4 Å². The van der Waals surface area contributed by atoms with Gasteiger partial charge in [-0.3, -0.25) is 14.5 Å². The first-order valence-electron chi connectivity index (χ1n) is 13.2. The van der Waals surface area contributed by atoms with Gasteiger partial charge >= 0.3 is 0 Å². The van der Waals surface area contributed by atoms with Gasteiger partial charge in [-0.15, -0.1) is 5.10 Å². The number of aromatic nitrogens is 5. The highest BCUT2D eigenvalue weighted by atomic mass is 16.5. The van der Waals surface area contributed by atoms with Crippen LogP contribution >= 0.6 is 0 Å². The second-order valence-corrected chi connectivity index (χ2v) is 9.98. The summed E-state index contributed by atoms with van der Waals surface area (Å²) in [5, 5.41) is 13.7. The van der Waals surface area contributed by atoms with Crippen molar-refractivity contribution in [3.05, 3.63) is 64.1 Å². The van der Waals surface area contributed by atoms with Gasteiger partial charge in [0.05, 0.1) is 32.0 Å². The minimum Gasteiger partial charge on any atom is -0.493 e. The monoisotopic (exact) mass is 533 g/mol. The van der Waals surface area contributed by atoms with Crippen LogP contribution < -0.4 is 15.0 Å². The molecular formula is C27H31N7O5. The first kappa shape index (κ1) is 25.1. The van der Waals surface area contributed by atoms with Crippen molar-refractivity contribution in [3.8, 4) is 11.5 Å². The van der Waals surface area contributed by atoms with E-state index in [1.807, 2.05) is 16.8 Å². The lowest BCUT2D eigenvalue weighted by Gasteiger charge is -2.38. The molecule has 0 radical (unpaired) electrons. The zero-order chi connectivity index (χ0) is 26.9. The van der Waals surface area contributed by atoms with Crippen LogP contribution in [0.5, 0.6) is 11.5 Å². The summed E-state index contributed by atoms with van der Waals surface area (Å²) in [6.07, 6.45) is 5.75. The molecule has 3 aromatic heterocycles. The van der Waals surface area contributed by atoms with E-state index in [1.165, 1.54) is 6.26 Å². The standard InChI is InChI=1S/C27H31N7O5/c1-37-22-15-17-14-19(26(35)28-20(17)16-23(22)38-2)24(25-29-30-31-34(25)18-6-3-4-7-18)32-9-11-33(12-10-32)27(36)21-8-5-13-39-21/h5,8,13-16,18,24H,3-4,6-7,9-12H2,1-2H3,(H,28,35). The largest absolute Gasteiger partial charge is 0.493 e. The molecule has 1 amide bonds. The van der Waals surface area contributed by atoms with Crippen molar-refractivity contribution >= 4 is 16.8 Å². The number of nitrogens with one attached hydrogen (secondary N) is 1. The van der Waals surface area contributed by atoms with Gasteiger partial charge in [-0.2, -0.15) is 0 Å². The number of methoxy groups -OCH3 is 2. The van der Waals surface area contributed by atoms with Crippen LogP contribution in [-0.4, -0.2) is 81.3 Å². The van der Waals surface area contributed by atoms with Gasteiger partial charge in [0.1, 0.15) is 6.04 Å². The maximum atomic E-state index is 13.6. The highest BCUT2D eigenvalue weighted by Crippen LogP contribution is 2.36. The highest BCUT2D eigenvalue weighted by Gasteiger charge is 2.36. The molecule has 1 atom stereocenters. The van der Waals surface area contributed by atoms with E-state index in [0.29, 0.717) is 60.3 Å². The predicted molar refractivity (Wildman–Crippen MR) is 141 cm³/mol. The number of rotatable bonds is 7. The Morgan fingerprint density at radius 1 is 1.08 bits per heavy atom. The third-order valence-corrected chi connectivity index (χ3v) is 7.80. The summed E-state index contributed by atoms with van der Waals surface area (Å²) >= 11 is 0. The third kappa shape index (κ3) is 4.65. The molecule has 12 heteroatoms. The number of nitrogens with zero attached hydrogens (tertiary/aromatic N) is 6. The Kier molecular flexibility index (Phi) is 6.77. The maximum Gasteiger partial charge on any atom is 0.289 e. The van der Waals surface area contributed by atoms with Crippen molar-refractivity contribution in [2.24, 2.45) is 0 Å². The zero-order valence-electron chi connectivity index (χ0n) is 22.0. The maximum absolute atomic E-state index is 13.6. The number of carbonyl (C=O) groups is 1. The molecule has 0 bridgehead atoms. The number of aromatic amines is 1. The van der Waals surface area contributed by atoms with E-state index in [0.717, 1.165) is 31.1 Å². The van der Waals surface area contributed by atoms with Crippen LogP contribution in [0.3, 0.4) is 0 Å². The van der Waals surface area contributed by atoms with E-state index in [1.54, 1.807) is 37.3 Å². The second-order valence-electron chi connectivity index (χ2n) is 9.98. The second kappa shape index (κ2) is 10.5. The van der Waals surface area contributed by atoms with Gasteiger partial charge in [0, 0.05) is 43.2 Å². The van der Waals surface area contributed by atoms with Gasteiger partial charge in [0.2, 0.25) is 0 Å². The Labute approximate surface area is 224 Å². The lowest BCUT2D eigenvalue weighted by Crippen LogP contribution is -2.50. The van der Waals surface area contributed by atoms with Crippen LogP contribution in [-0.2, 0) is 0 Å². The fraction of sp³-hybridized carbons (Fsp3) is 0.444. The fourth-order valence-electron chi connectivity index (χ4n) is 5.78. The number of benzene rings is 1. The fourth-order valence-corrected chi connectivity index (χ4v) is 5.78. The van der Waals surface area contributed by atoms with Crippen LogP contribution in [0.25, 0.3) is 10.9 Å². The van der Waals surface area contributed by atoms with Gasteiger partial charge in [0.25, 0.3) is 11.5 Å². The van der Waals surface area contributed by atoms with E-state index in [4.69, 9.17) is 13.9 Å². The van der Waals surface area contributed by atoms with E-state index in [2.05, 4.69) is 25.4 Å². The molecule has 39 heavy (non-hydrogen) atoms. The zero-order valence-corrected chi connectivity index (χ0v) is 22.0.